The van der Waals surface area contributed by atoms with Gasteiger partial charge in [0.25, 0.3) is 0 Å². The summed E-state index contributed by atoms with van der Waals surface area (Å²) in [4.78, 5) is 23.9. The Morgan fingerprint density at radius 3 is 2.76 bits per heavy atom. The molecule has 0 N–H and O–H groups in total. The van der Waals surface area contributed by atoms with Gasteiger partial charge >= 0.3 is 11.6 Å². The topological polar surface area (TPSA) is 65.7 Å². The minimum Gasteiger partial charge on any atom is -0.423 e. The van der Waals surface area contributed by atoms with Crippen molar-refractivity contribution in [2.75, 3.05) is 7.11 Å². The molecule has 0 spiro atoms. The molecule has 0 radical (unpaired) electrons. The summed E-state index contributed by atoms with van der Waals surface area (Å²) in [6.07, 6.45) is 6.46. The first-order valence-electron chi connectivity index (χ1n) is 7.85. The molecule has 128 valence electrons. The zero-order chi connectivity index (χ0) is 18.0. The lowest BCUT2D eigenvalue weighted by Gasteiger charge is -2.14. The lowest BCUT2D eigenvalue weighted by molar-refractivity contribution is -0.130. The quantitative estimate of drug-likeness (QED) is 0.369. The summed E-state index contributed by atoms with van der Waals surface area (Å²) in [6.45, 7) is 5.10. The van der Waals surface area contributed by atoms with Gasteiger partial charge in [0.2, 0.25) is 0 Å². The fraction of sp³-hybridized carbons (Fsp3) is 0.200. The first-order chi connectivity index (χ1) is 12.0. The molecule has 5 nitrogen and oxygen atoms in total. The van der Waals surface area contributed by atoms with E-state index in [4.69, 9.17) is 13.9 Å². The van der Waals surface area contributed by atoms with Crippen molar-refractivity contribution in [3.05, 3.63) is 70.6 Å². The number of esters is 1. The lowest BCUT2D eigenvalue weighted by Crippen LogP contribution is -2.11. The molecule has 1 unspecified atom stereocenters. The number of hydrogen-bond acceptors (Lipinski definition) is 5. The number of carbonyl (C=O) groups excluding carboxylic acids is 1. The fourth-order valence-corrected chi connectivity index (χ4v) is 2.53. The van der Waals surface area contributed by atoms with Crippen LogP contribution in [0, 0.1) is 0 Å². The number of benzene rings is 1. The Balaban J connectivity index is 1.94. The van der Waals surface area contributed by atoms with Crippen LogP contribution in [0.1, 0.15) is 18.9 Å². The van der Waals surface area contributed by atoms with Crippen LogP contribution in [-0.4, -0.2) is 19.2 Å². The molecule has 2 aromatic rings. The molecule has 0 saturated carbocycles. The van der Waals surface area contributed by atoms with Crippen LogP contribution in [0.2, 0.25) is 0 Å². The first-order valence-corrected chi connectivity index (χ1v) is 7.85. The van der Waals surface area contributed by atoms with E-state index in [0.717, 1.165) is 11.0 Å². The van der Waals surface area contributed by atoms with Crippen molar-refractivity contribution in [3.63, 3.8) is 0 Å². The van der Waals surface area contributed by atoms with Crippen molar-refractivity contribution in [1.82, 2.24) is 0 Å². The van der Waals surface area contributed by atoms with Gasteiger partial charge in [-0.05, 0) is 37.1 Å². The molecule has 0 fully saturated rings. The van der Waals surface area contributed by atoms with E-state index in [1.54, 1.807) is 32.2 Å². The van der Waals surface area contributed by atoms with E-state index in [1.807, 2.05) is 18.2 Å². The summed E-state index contributed by atoms with van der Waals surface area (Å²) < 4.78 is 15.8. The summed E-state index contributed by atoms with van der Waals surface area (Å²) >= 11 is 0. The molecule has 1 atom stereocenters. The summed E-state index contributed by atoms with van der Waals surface area (Å²) in [5, 5.41) is 0.743. The summed E-state index contributed by atoms with van der Waals surface area (Å²) in [5.41, 5.74) is 1.51. The molecule has 1 aliphatic carbocycles. The Kier molecular flexibility index (Phi) is 4.67. The Bertz CT molecular complexity index is 962. The van der Waals surface area contributed by atoms with E-state index in [0.29, 0.717) is 28.9 Å². The van der Waals surface area contributed by atoms with Crippen LogP contribution in [0.3, 0.4) is 0 Å². The van der Waals surface area contributed by atoms with Crippen LogP contribution < -0.4 is 10.4 Å². The minimum absolute atomic E-state index is 0.0295. The largest absolute Gasteiger partial charge is 0.423 e. The van der Waals surface area contributed by atoms with Gasteiger partial charge in [0.05, 0.1) is 11.7 Å². The van der Waals surface area contributed by atoms with Crippen LogP contribution in [-0.2, 0) is 9.53 Å². The molecule has 0 amide bonds. The van der Waals surface area contributed by atoms with Gasteiger partial charge in [0, 0.05) is 24.1 Å². The SMILES string of the molecule is C=C(C)C(=O)Oc1ccc2cc(C3=CCC(OC)C=C3)c(=O)oc2c1. The van der Waals surface area contributed by atoms with E-state index >= 15 is 0 Å². The average molecular weight is 338 g/mol. The van der Waals surface area contributed by atoms with Gasteiger partial charge in [-0.3, -0.25) is 0 Å². The van der Waals surface area contributed by atoms with Gasteiger partial charge in [-0.15, -0.1) is 0 Å². The van der Waals surface area contributed by atoms with E-state index in [9.17, 15) is 9.59 Å². The Morgan fingerprint density at radius 1 is 1.32 bits per heavy atom. The molecule has 1 aromatic heterocycles. The summed E-state index contributed by atoms with van der Waals surface area (Å²) in [5.74, 6) is -0.223. The van der Waals surface area contributed by atoms with Crippen LogP contribution in [0.25, 0.3) is 16.5 Å². The number of fused-ring (bicyclic) bond motifs is 1. The monoisotopic (exact) mass is 338 g/mol. The maximum absolute atomic E-state index is 12.3. The predicted molar refractivity (Wildman–Crippen MR) is 95.5 cm³/mol. The molecule has 5 heteroatoms. The van der Waals surface area contributed by atoms with Gasteiger partial charge in [0.15, 0.2) is 0 Å². The summed E-state index contributed by atoms with van der Waals surface area (Å²) in [7, 11) is 1.65. The third kappa shape index (κ3) is 3.61. The molecule has 1 heterocycles. The third-order valence-electron chi connectivity index (χ3n) is 3.94. The standard InChI is InChI=1S/C20H18O5/c1-12(2)19(21)24-16-9-6-14-10-17(20(22)25-18(14)11-16)13-4-7-15(23-3)8-5-13/h4-7,9-11,15H,1,8H2,2-3H3. The zero-order valence-corrected chi connectivity index (χ0v) is 14.1. The highest BCUT2D eigenvalue weighted by Crippen LogP contribution is 2.25. The van der Waals surface area contributed by atoms with Gasteiger partial charge in [0.1, 0.15) is 11.3 Å². The van der Waals surface area contributed by atoms with Gasteiger partial charge in [-0.1, -0.05) is 24.8 Å². The molecule has 0 bridgehead atoms. The predicted octanol–water partition coefficient (Wildman–Crippen LogP) is 3.63. The van der Waals surface area contributed by atoms with Gasteiger partial charge in [-0.2, -0.15) is 0 Å². The lowest BCUT2D eigenvalue weighted by atomic mass is 9.99. The number of hydrogen-bond donors (Lipinski definition) is 0. The Hall–Kier alpha value is -2.92. The van der Waals surface area contributed by atoms with Crippen molar-refractivity contribution in [3.8, 4) is 5.75 Å². The number of carbonyl (C=O) groups is 1. The van der Waals surface area contributed by atoms with Crippen LogP contribution in [0.5, 0.6) is 5.75 Å². The maximum Gasteiger partial charge on any atom is 0.344 e. The highest BCUT2D eigenvalue weighted by molar-refractivity contribution is 5.90. The second-order valence-electron chi connectivity index (χ2n) is 5.85. The van der Waals surface area contributed by atoms with Crippen LogP contribution in [0.4, 0.5) is 0 Å². The molecule has 0 saturated heterocycles. The van der Waals surface area contributed by atoms with Crippen molar-refractivity contribution in [2.45, 2.75) is 19.4 Å². The Morgan fingerprint density at radius 2 is 2.12 bits per heavy atom. The van der Waals surface area contributed by atoms with E-state index in [1.165, 1.54) is 6.07 Å². The van der Waals surface area contributed by atoms with Gasteiger partial charge < -0.3 is 13.9 Å². The molecule has 25 heavy (non-hydrogen) atoms. The normalized spacial score (nSPS) is 16.6. The van der Waals surface area contributed by atoms with E-state index in [2.05, 4.69) is 6.58 Å². The van der Waals surface area contributed by atoms with E-state index in [-0.39, 0.29) is 6.10 Å². The number of allylic oxidation sites excluding steroid dienone is 2. The number of rotatable bonds is 4. The molecule has 1 aromatic carbocycles. The van der Waals surface area contributed by atoms with Crippen LogP contribution in [0.15, 0.2) is 63.9 Å². The van der Waals surface area contributed by atoms with Gasteiger partial charge in [-0.25, -0.2) is 9.59 Å². The van der Waals surface area contributed by atoms with Crippen molar-refractivity contribution >= 4 is 22.5 Å². The smallest absolute Gasteiger partial charge is 0.344 e. The first kappa shape index (κ1) is 16.9. The average Bonchev–Trinajstić information content (AvgIpc) is 2.61. The Labute approximate surface area is 144 Å². The van der Waals surface area contributed by atoms with Crippen molar-refractivity contribution in [1.29, 1.82) is 0 Å². The zero-order valence-electron chi connectivity index (χ0n) is 14.1. The highest BCUT2D eigenvalue weighted by atomic mass is 16.5. The summed E-state index contributed by atoms with van der Waals surface area (Å²) in [6, 6.07) is 6.69. The van der Waals surface area contributed by atoms with E-state index < -0.39 is 11.6 Å². The molecule has 3 rings (SSSR count). The fourth-order valence-electron chi connectivity index (χ4n) is 2.53. The molecule has 1 aliphatic rings. The molecule has 0 aliphatic heterocycles. The maximum atomic E-state index is 12.3. The van der Waals surface area contributed by atoms with Crippen LogP contribution >= 0.6 is 0 Å². The number of ether oxygens (including phenoxy) is 2. The third-order valence-corrected chi connectivity index (χ3v) is 3.94. The number of methoxy groups -OCH3 is 1. The van der Waals surface area contributed by atoms with Crippen molar-refractivity contribution in [2.24, 2.45) is 0 Å². The minimum atomic E-state index is -0.525. The molecular weight excluding hydrogens is 320 g/mol. The van der Waals surface area contributed by atoms with Crippen molar-refractivity contribution < 1.29 is 18.7 Å². The highest BCUT2D eigenvalue weighted by Gasteiger charge is 2.14. The second-order valence-corrected chi connectivity index (χ2v) is 5.85. The molecular formula is C20H18O5. The second kappa shape index (κ2) is 6.91.